The largest absolute Gasteiger partial charge is 0.462 e. The summed E-state index contributed by atoms with van der Waals surface area (Å²) in [6.45, 7) is 5.30. The van der Waals surface area contributed by atoms with Gasteiger partial charge in [-0.25, -0.2) is 4.79 Å². The van der Waals surface area contributed by atoms with Crippen LogP contribution in [0.3, 0.4) is 0 Å². The van der Waals surface area contributed by atoms with E-state index in [0.29, 0.717) is 12.2 Å². The minimum atomic E-state index is -0.262. The van der Waals surface area contributed by atoms with E-state index in [1.165, 1.54) is 41.9 Å². The third kappa shape index (κ3) is 8.63. The highest BCUT2D eigenvalue weighted by Crippen LogP contribution is 2.14. The van der Waals surface area contributed by atoms with E-state index in [9.17, 15) is 4.79 Å². The number of aryl methyl sites for hydroxylation is 1. The number of hydrogen-bond acceptors (Lipinski definition) is 4. The van der Waals surface area contributed by atoms with Gasteiger partial charge < -0.3 is 10.1 Å². The molecule has 0 fully saturated rings. The average molecular weight is 398 g/mol. The highest BCUT2D eigenvalue weighted by atomic mass is 32.1. The fraction of sp³-hybridized carbons (Fsp3) is 0.458. The van der Waals surface area contributed by atoms with Crippen LogP contribution in [0.1, 0.15) is 72.0 Å². The van der Waals surface area contributed by atoms with Crippen molar-refractivity contribution in [3.05, 3.63) is 51.7 Å². The van der Waals surface area contributed by atoms with Crippen molar-refractivity contribution in [2.45, 2.75) is 58.8 Å². The van der Waals surface area contributed by atoms with Gasteiger partial charge >= 0.3 is 5.97 Å². The first kappa shape index (κ1) is 22.0. The molecular weight excluding hydrogens is 366 g/mol. The zero-order valence-electron chi connectivity index (χ0n) is 17.1. The number of ether oxygens (including phenoxy) is 1. The van der Waals surface area contributed by atoms with Crippen LogP contribution in [0.4, 0.5) is 5.69 Å². The van der Waals surface area contributed by atoms with Crippen LogP contribution in [0.5, 0.6) is 0 Å². The first-order valence-corrected chi connectivity index (χ1v) is 11.1. The van der Waals surface area contributed by atoms with E-state index in [2.05, 4.69) is 36.2 Å². The molecule has 2 rings (SSSR count). The van der Waals surface area contributed by atoms with Crippen LogP contribution in [0.15, 0.2) is 36.4 Å². The molecule has 28 heavy (non-hydrogen) atoms. The Morgan fingerprint density at radius 2 is 1.71 bits per heavy atom. The lowest BCUT2D eigenvalue weighted by atomic mass is 10.1. The number of nitrogens with one attached hydrogen (secondary N) is 1. The SMILES string of the molecule is CCOC(=O)c1ccc(NCCCCCCCCC#Cc2ccc(C)s2)cc1. The molecule has 0 radical (unpaired) electrons. The molecule has 1 heterocycles. The number of benzene rings is 1. The lowest BCUT2D eigenvalue weighted by molar-refractivity contribution is 0.0526. The summed E-state index contributed by atoms with van der Waals surface area (Å²) in [5.41, 5.74) is 1.65. The predicted octanol–water partition coefficient (Wildman–Crippen LogP) is 6.43. The molecule has 3 nitrogen and oxygen atoms in total. The zero-order chi connectivity index (χ0) is 20.0. The molecule has 1 N–H and O–H groups in total. The minimum Gasteiger partial charge on any atom is -0.462 e. The Morgan fingerprint density at radius 3 is 2.39 bits per heavy atom. The Kier molecular flexibility index (Phi) is 10.2. The van der Waals surface area contributed by atoms with Gasteiger partial charge in [0.1, 0.15) is 0 Å². The van der Waals surface area contributed by atoms with E-state index >= 15 is 0 Å². The van der Waals surface area contributed by atoms with Crippen LogP contribution in [0.2, 0.25) is 0 Å². The van der Waals surface area contributed by atoms with Crippen molar-refractivity contribution >= 4 is 23.0 Å². The predicted molar refractivity (Wildman–Crippen MR) is 119 cm³/mol. The van der Waals surface area contributed by atoms with Gasteiger partial charge in [0.15, 0.2) is 0 Å². The molecule has 1 aromatic carbocycles. The molecule has 0 aliphatic heterocycles. The fourth-order valence-electron chi connectivity index (χ4n) is 2.87. The zero-order valence-corrected chi connectivity index (χ0v) is 17.9. The van der Waals surface area contributed by atoms with Gasteiger partial charge in [-0.2, -0.15) is 0 Å². The van der Waals surface area contributed by atoms with Crippen LogP contribution < -0.4 is 5.32 Å². The Balaban J connectivity index is 1.46. The number of rotatable bonds is 11. The molecular formula is C24H31NO2S. The summed E-state index contributed by atoms with van der Waals surface area (Å²) in [5, 5.41) is 3.41. The van der Waals surface area contributed by atoms with Gasteiger partial charge in [0.25, 0.3) is 0 Å². The quantitative estimate of drug-likeness (QED) is 0.270. The van der Waals surface area contributed by atoms with Crippen LogP contribution in [-0.4, -0.2) is 19.1 Å². The summed E-state index contributed by atoms with van der Waals surface area (Å²) in [7, 11) is 0. The average Bonchev–Trinajstić information content (AvgIpc) is 3.12. The molecule has 0 saturated heterocycles. The van der Waals surface area contributed by atoms with Crippen LogP contribution in [-0.2, 0) is 4.74 Å². The van der Waals surface area contributed by atoms with Crippen molar-refractivity contribution in [1.29, 1.82) is 0 Å². The second-order valence-corrected chi connectivity index (χ2v) is 8.10. The van der Waals surface area contributed by atoms with Gasteiger partial charge in [-0.15, -0.1) is 11.3 Å². The summed E-state index contributed by atoms with van der Waals surface area (Å²) in [4.78, 5) is 14.1. The standard InChI is InChI=1S/C24H31NO2S/c1-3-27-24(26)21-14-16-22(17-15-21)25-19-11-9-7-5-4-6-8-10-12-23-18-13-20(2)28-23/h13-18,25H,3-9,11,19H2,1-2H3. The normalized spacial score (nSPS) is 10.2. The maximum Gasteiger partial charge on any atom is 0.338 e. The monoisotopic (exact) mass is 397 g/mol. The van der Waals surface area contributed by atoms with Crippen LogP contribution in [0, 0.1) is 18.8 Å². The number of hydrogen-bond donors (Lipinski definition) is 1. The molecule has 2 aromatic rings. The summed E-state index contributed by atoms with van der Waals surface area (Å²) < 4.78 is 4.99. The summed E-state index contributed by atoms with van der Waals surface area (Å²) in [6.07, 6.45) is 8.43. The van der Waals surface area contributed by atoms with Gasteiger partial charge in [0, 0.05) is 23.5 Å². The number of thiophene rings is 1. The lowest BCUT2D eigenvalue weighted by Gasteiger charge is -2.07. The molecule has 0 atom stereocenters. The number of unbranched alkanes of at least 4 members (excludes halogenated alkanes) is 6. The van der Waals surface area contributed by atoms with E-state index < -0.39 is 0 Å². The van der Waals surface area contributed by atoms with E-state index in [1.54, 1.807) is 11.3 Å². The van der Waals surface area contributed by atoms with Crippen molar-refractivity contribution in [2.75, 3.05) is 18.5 Å². The van der Waals surface area contributed by atoms with E-state index in [4.69, 9.17) is 4.74 Å². The number of esters is 1. The molecule has 0 aliphatic carbocycles. The van der Waals surface area contributed by atoms with E-state index in [0.717, 1.165) is 25.1 Å². The molecule has 150 valence electrons. The van der Waals surface area contributed by atoms with E-state index in [1.807, 2.05) is 31.2 Å². The van der Waals surface area contributed by atoms with Crippen molar-refractivity contribution in [2.24, 2.45) is 0 Å². The smallest absolute Gasteiger partial charge is 0.338 e. The third-order valence-electron chi connectivity index (χ3n) is 4.41. The Morgan fingerprint density at radius 1 is 1.00 bits per heavy atom. The third-order valence-corrected chi connectivity index (χ3v) is 5.32. The number of anilines is 1. The molecule has 1 aromatic heterocycles. The lowest BCUT2D eigenvalue weighted by Crippen LogP contribution is -2.05. The first-order chi connectivity index (χ1) is 13.7. The van der Waals surface area contributed by atoms with Crippen LogP contribution in [0.25, 0.3) is 0 Å². The Bertz CT molecular complexity index is 768. The van der Waals surface area contributed by atoms with Gasteiger partial charge in [-0.3, -0.25) is 0 Å². The summed E-state index contributed by atoms with van der Waals surface area (Å²) in [6, 6.07) is 11.7. The van der Waals surface area contributed by atoms with Gasteiger partial charge in [-0.05, 0) is 63.1 Å². The second-order valence-electron chi connectivity index (χ2n) is 6.81. The van der Waals surface area contributed by atoms with Gasteiger partial charge in [0.2, 0.25) is 0 Å². The fourth-order valence-corrected chi connectivity index (χ4v) is 3.61. The van der Waals surface area contributed by atoms with Gasteiger partial charge in [0.05, 0.1) is 17.0 Å². The molecule has 0 bridgehead atoms. The Labute approximate surface area is 173 Å². The minimum absolute atomic E-state index is 0.262. The Hall–Kier alpha value is -2.25. The number of carbonyl (C=O) groups excluding carboxylic acids is 1. The maximum absolute atomic E-state index is 11.6. The van der Waals surface area contributed by atoms with Crippen molar-refractivity contribution in [3.8, 4) is 11.8 Å². The summed E-state index contributed by atoms with van der Waals surface area (Å²) >= 11 is 1.77. The molecule has 4 heteroatoms. The second kappa shape index (κ2) is 13.0. The maximum atomic E-state index is 11.6. The van der Waals surface area contributed by atoms with E-state index in [-0.39, 0.29) is 5.97 Å². The van der Waals surface area contributed by atoms with Crippen molar-refractivity contribution in [1.82, 2.24) is 0 Å². The van der Waals surface area contributed by atoms with Crippen molar-refractivity contribution in [3.63, 3.8) is 0 Å². The van der Waals surface area contributed by atoms with Crippen molar-refractivity contribution < 1.29 is 9.53 Å². The highest BCUT2D eigenvalue weighted by molar-refractivity contribution is 7.12. The summed E-state index contributed by atoms with van der Waals surface area (Å²) in [5.74, 6) is 6.27. The molecule has 0 aliphatic rings. The molecule has 0 spiro atoms. The van der Waals surface area contributed by atoms with Gasteiger partial charge in [-0.1, -0.05) is 37.5 Å². The number of carbonyl (C=O) groups is 1. The highest BCUT2D eigenvalue weighted by Gasteiger charge is 2.05. The first-order valence-electron chi connectivity index (χ1n) is 10.3. The van der Waals surface area contributed by atoms with Crippen LogP contribution >= 0.6 is 11.3 Å². The molecule has 0 unspecified atom stereocenters. The molecule has 0 amide bonds. The molecule has 0 saturated carbocycles. The topological polar surface area (TPSA) is 38.3 Å².